The molecule has 212 valence electrons. The molecule has 0 spiro atoms. The Morgan fingerprint density at radius 1 is 0.902 bits per heavy atom. The normalized spacial score (nSPS) is 23.4. The fraction of sp³-hybridized carbons (Fsp3) is 0.353. The Morgan fingerprint density at radius 3 is 2.27 bits per heavy atom. The number of benzene rings is 2. The number of ether oxygens (including phenoxy) is 4. The molecule has 7 nitrogen and oxygen atoms in total. The largest absolute Gasteiger partial charge is 0.496 e. The van der Waals surface area contributed by atoms with Gasteiger partial charge in [-0.05, 0) is 55.4 Å². The van der Waals surface area contributed by atoms with Crippen LogP contribution in [0.1, 0.15) is 62.3 Å². The van der Waals surface area contributed by atoms with Crippen molar-refractivity contribution in [2.45, 2.75) is 56.7 Å². The molecular formula is C34H34O7. The monoisotopic (exact) mass is 554 g/mol. The third kappa shape index (κ3) is 3.75. The van der Waals surface area contributed by atoms with E-state index in [9.17, 15) is 9.59 Å². The van der Waals surface area contributed by atoms with Crippen molar-refractivity contribution in [1.29, 1.82) is 0 Å². The second-order valence-corrected chi connectivity index (χ2v) is 10.6. The number of carbonyl (C=O) groups is 2. The van der Waals surface area contributed by atoms with Gasteiger partial charge in [0.2, 0.25) is 0 Å². The molecule has 0 radical (unpaired) electrons. The number of hydrogen-bond donors (Lipinski definition) is 0. The fourth-order valence-electron chi connectivity index (χ4n) is 6.82. The van der Waals surface area contributed by atoms with Crippen LogP contribution in [0.2, 0.25) is 0 Å². The van der Waals surface area contributed by atoms with Crippen LogP contribution in [0, 0.1) is 0 Å². The van der Waals surface area contributed by atoms with Gasteiger partial charge in [-0.2, -0.15) is 0 Å². The van der Waals surface area contributed by atoms with E-state index in [4.69, 9.17) is 23.4 Å². The van der Waals surface area contributed by atoms with E-state index in [1.54, 1.807) is 7.11 Å². The van der Waals surface area contributed by atoms with Gasteiger partial charge in [0.05, 0.1) is 32.5 Å². The predicted molar refractivity (Wildman–Crippen MR) is 153 cm³/mol. The van der Waals surface area contributed by atoms with E-state index >= 15 is 0 Å². The van der Waals surface area contributed by atoms with Crippen molar-refractivity contribution in [2.24, 2.45) is 0 Å². The lowest BCUT2D eigenvalue weighted by molar-refractivity contribution is -0.139. The van der Waals surface area contributed by atoms with E-state index in [1.165, 1.54) is 14.2 Å². The van der Waals surface area contributed by atoms with Crippen molar-refractivity contribution in [3.8, 4) is 0 Å². The first-order valence-electron chi connectivity index (χ1n) is 14.2. The van der Waals surface area contributed by atoms with Crippen LogP contribution in [0.25, 0.3) is 11.0 Å². The minimum Gasteiger partial charge on any atom is -0.496 e. The predicted octanol–water partition coefficient (Wildman–Crippen LogP) is 6.76. The Labute approximate surface area is 239 Å². The quantitative estimate of drug-likeness (QED) is 0.213. The number of esters is 2. The summed E-state index contributed by atoms with van der Waals surface area (Å²) in [5, 5.41) is 0.849. The molecule has 2 aliphatic heterocycles. The van der Waals surface area contributed by atoms with Crippen LogP contribution in [-0.2, 0) is 39.7 Å². The van der Waals surface area contributed by atoms with Gasteiger partial charge in [-0.25, -0.2) is 9.59 Å². The molecule has 0 N–H and O–H groups in total. The van der Waals surface area contributed by atoms with Crippen LogP contribution in [0.5, 0.6) is 0 Å². The van der Waals surface area contributed by atoms with Gasteiger partial charge in [-0.3, -0.25) is 0 Å². The third-order valence-corrected chi connectivity index (χ3v) is 8.51. The highest BCUT2D eigenvalue weighted by Crippen LogP contribution is 2.67. The zero-order valence-electron chi connectivity index (χ0n) is 23.9. The van der Waals surface area contributed by atoms with Gasteiger partial charge in [0.25, 0.3) is 0 Å². The van der Waals surface area contributed by atoms with Crippen LogP contribution in [0.15, 0.2) is 93.1 Å². The first-order chi connectivity index (χ1) is 20.0. The lowest BCUT2D eigenvalue weighted by Crippen LogP contribution is -2.36. The molecule has 3 heterocycles. The van der Waals surface area contributed by atoms with Crippen molar-refractivity contribution in [1.82, 2.24) is 0 Å². The summed E-state index contributed by atoms with van der Waals surface area (Å²) in [7, 11) is 4.27. The Kier molecular flexibility index (Phi) is 6.86. The lowest BCUT2D eigenvalue weighted by Gasteiger charge is -2.34. The zero-order valence-corrected chi connectivity index (χ0v) is 23.9. The van der Waals surface area contributed by atoms with E-state index in [-0.39, 0.29) is 11.1 Å². The molecule has 1 aromatic heterocycles. The van der Waals surface area contributed by atoms with Crippen LogP contribution in [0.3, 0.4) is 0 Å². The van der Waals surface area contributed by atoms with Gasteiger partial charge in [-0.15, -0.1) is 0 Å². The van der Waals surface area contributed by atoms with Crippen molar-refractivity contribution in [2.75, 3.05) is 21.3 Å². The molecule has 3 aliphatic rings. The first kappa shape index (κ1) is 27.1. The Hall–Kier alpha value is -4.10. The molecule has 41 heavy (non-hydrogen) atoms. The van der Waals surface area contributed by atoms with Gasteiger partial charge in [-0.1, -0.05) is 61.9 Å². The third-order valence-electron chi connectivity index (χ3n) is 8.51. The van der Waals surface area contributed by atoms with Gasteiger partial charge in [0.1, 0.15) is 17.1 Å². The Bertz CT molecular complexity index is 1600. The minimum absolute atomic E-state index is 0.0643. The molecular weight excluding hydrogens is 520 g/mol. The highest BCUT2D eigenvalue weighted by molar-refractivity contribution is 6.07. The number of carbonyl (C=O) groups excluding carboxylic acids is 2. The highest BCUT2D eigenvalue weighted by Gasteiger charge is 2.71. The number of methoxy groups -OCH3 is 3. The highest BCUT2D eigenvalue weighted by atomic mass is 16.6. The number of hydrogen-bond acceptors (Lipinski definition) is 7. The maximum Gasteiger partial charge on any atom is 0.338 e. The molecule has 6 rings (SSSR count). The number of unbranched alkanes of at least 4 members (excludes halogenated alkanes) is 1. The van der Waals surface area contributed by atoms with Gasteiger partial charge >= 0.3 is 11.9 Å². The van der Waals surface area contributed by atoms with E-state index in [0.29, 0.717) is 23.5 Å². The summed E-state index contributed by atoms with van der Waals surface area (Å²) in [6, 6.07) is 17.2. The number of rotatable bonds is 9. The smallest absolute Gasteiger partial charge is 0.338 e. The number of furan rings is 1. The van der Waals surface area contributed by atoms with Crippen LogP contribution in [0.4, 0.5) is 0 Å². The second kappa shape index (κ2) is 10.4. The van der Waals surface area contributed by atoms with Crippen molar-refractivity contribution in [3.05, 3.63) is 106 Å². The summed E-state index contributed by atoms with van der Waals surface area (Å²) >= 11 is 0. The molecule has 2 bridgehead atoms. The Balaban J connectivity index is 1.77. The van der Waals surface area contributed by atoms with Crippen LogP contribution >= 0.6 is 0 Å². The fourth-order valence-corrected chi connectivity index (χ4v) is 6.82. The minimum atomic E-state index is -1.55. The number of allylic oxidation sites excluding steroid dienone is 2. The zero-order chi connectivity index (χ0) is 28.8. The van der Waals surface area contributed by atoms with E-state index in [0.717, 1.165) is 59.8 Å². The summed E-state index contributed by atoms with van der Waals surface area (Å²) in [5.41, 5.74) is 1.14. The molecule has 0 amide bonds. The maximum absolute atomic E-state index is 13.9. The van der Waals surface area contributed by atoms with Crippen molar-refractivity contribution < 1.29 is 33.0 Å². The molecule has 0 fully saturated rings. The van der Waals surface area contributed by atoms with E-state index in [1.807, 2.05) is 54.6 Å². The van der Waals surface area contributed by atoms with E-state index < -0.39 is 23.1 Å². The first-order valence-corrected chi connectivity index (χ1v) is 14.2. The molecule has 2 aromatic carbocycles. The molecule has 7 heteroatoms. The van der Waals surface area contributed by atoms with Crippen molar-refractivity contribution >= 4 is 22.9 Å². The van der Waals surface area contributed by atoms with Crippen LogP contribution < -0.4 is 0 Å². The Morgan fingerprint density at radius 2 is 1.61 bits per heavy atom. The van der Waals surface area contributed by atoms with Crippen LogP contribution in [-0.4, -0.2) is 33.3 Å². The molecule has 2 unspecified atom stereocenters. The molecule has 0 saturated carbocycles. The topological polar surface area (TPSA) is 84.2 Å². The SMILES string of the molecule is CCCC/C(=C(/OC)C1=CCCC1)C12OC(c3cc4ccccc4o3)(C(C(=O)OC)=C1C(=O)OC)c1ccccc12. The van der Waals surface area contributed by atoms with E-state index in [2.05, 4.69) is 13.0 Å². The lowest BCUT2D eigenvalue weighted by atomic mass is 9.67. The van der Waals surface area contributed by atoms with Gasteiger partial charge < -0.3 is 23.4 Å². The number of fused-ring (bicyclic) bond motifs is 6. The number of para-hydroxylation sites is 1. The summed E-state index contributed by atoms with van der Waals surface area (Å²) in [6.07, 6.45) is 7.32. The second-order valence-electron chi connectivity index (χ2n) is 10.6. The molecule has 2 atom stereocenters. The average molecular weight is 555 g/mol. The molecule has 3 aromatic rings. The summed E-state index contributed by atoms with van der Waals surface area (Å²) in [4.78, 5) is 27.8. The summed E-state index contributed by atoms with van der Waals surface area (Å²) in [6.45, 7) is 2.12. The molecule has 0 saturated heterocycles. The maximum atomic E-state index is 13.9. The van der Waals surface area contributed by atoms with Gasteiger partial charge in [0.15, 0.2) is 11.2 Å². The summed E-state index contributed by atoms with van der Waals surface area (Å²) in [5.74, 6) is -0.265. The summed E-state index contributed by atoms with van der Waals surface area (Å²) < 4.78 is 30.6. The average Bonchev–Trinajstić information content (AvgIpc) is 3.79. The standard InChI is InChI=1S/C34H34O7/c1-5-6-16-25(30(37-2)21-13-7-8-14-21)33-23-17-10-11-18-24(23)34(41-33,27-20-22-15-9-12-19-26(22)40-27)29(32(36)39-4)28(33)31(35)38-3/h9-13,15,17-20H,5-8,14,16H2,1-4H3/b30-25-. The van der Waals surface area contributed by atoms with Crippen molar-refractivity contribution in [3.63, 3.8) is 0 Å². The molecule has 1 aliphatic carbocycles. The van der Waals surface area contributed by atoms with Gasteiger partial charge in [0, 0.05) is 16.5 Å².